The van der Waals surface area contributed by atoms with Crippen molar-refractivity contribution in [1.29, 1.82) is 0 Å². The van der Waals surface area contributed by atoms with Crippen LogP contribution in [0, 0.1) is 12.8 Å². The SMILES string of the molecule is Cc1cc(CN)ccc1S(=O)(=O)N(C)CC1CCC1. The van der Waals surface area contributed by atoms with Crippen molar-refractivity contribution in [3.05, 3.63) is 29.3 Å². The number of benzene rings is 1. The van der Waals surface area contributed by atoms with Crippen molar-refractivity contribution in [3.63, 3.8) is 0 Å². The first kappa shape index (κ1) is 14.5. The van der Waals surface area contributed by atoms with Crippen LogP contribution >= 0.6 is 0 Å². The molecule has 1 aromatic rings. The molecule has 0 aromatic heterocycles. The minimum absolute atomic E-state index is 0.395. The summed E-state index contributed by atoms with van der Waals surface area (Å²) in [5.41, 5.74) is 7.29. The molecule has 0 spiro atoms. The fourth-order valence-corrected chi connectivity index (χ4v) is 3.88. The van der Waals surface area contributed by atoms with Gasteiger partial charge in [0.25, 0.3) is 0 Å². The van der Waals surface area contributed by atoms with Crippen LogP contribution in [0.4, 0.5) is 0 Å². The van der Waals surface area contributed by atoms with E-state index in [-0.39, 0.29) is 0 Å². The van der Waals surface area contributed by atoms with Crippen LogP contribution < -0.4 is 5.73 Å². The van der Waals surface area contributed by atoms with Crippen LogP contribution in [-0.4, -0.2) is 26.3 Å². The quantitative estimate of drug-likeness (QED) is 0.896. The lowest BCUT2D eigenvalue weighted by atomic mass is 9.86. The highest BCUT2D eigenvalue weighted by molar-refractivity contribution is 7.89. The second kappa shape index (κ2) is 5.61. The first-order valence-electron chi connectivity index (χ1n) is 6.71. The van der Waals surface area contributed by atoms with Crippen LogP contribution in [0.5, 0.6) is 0 Å². The summed E-state index contributed by atoms with van der Waals surface area (Å²) in [6, 6.07) is 5.31. The molecule has 1 saturated carbocycles. The summed E-state index contributed by atoms with van der Waals surface area (Å²) in [5.74, 6) is 0.531. The van der Waals surface area contributed by atoms with Gasteiger partial charge in [-0.15, -0.1) is 0 Å². The van der Waals surface area contributed by atoms with E-state index >= 15 is 0 Å². The van der Waals surface area contributed by atoms with E-state index in [0.29, 0.717) is 23.9 Å². The van der Waals surface area contributed by atoms with Gasteiger partial charge in [0.1, 0.15) is 0 Å². The molecule has 1 fully saturated rings. The van der Waals surface area contributed by atoms with Crippen molar-refractivity contribution in [1.82, 2.24) is 4.31 Å². The predicted octanol–water partition coefficient (Wildman–Crippen LogP) is 1.87. The first-order valence-corrected chi connectivity index (χ1v) is 8.15. The topological polar surface area (TPSA) is 63.4 Å². The third-order valence-corrected chi connectivity index (χ3v) is 5.89. The molecule has 1 aliphatic rings. The monoisotopic (exact) mass is 282 g/mol. The number of aryl methyl sites for hydroxylation is 1. The van der Waals surface area contributed by atoms with Crippen LogP contribution in [0.15, 0.2) is 23.1 Å². The number of hydrogen-bond donors (Lipinski definition) is 1. The smallest absolute Gasteiger partial charge is 0.243 e. The maximum Gasteiger partial charge on any atom is 0.243 e. The summed E-state index contributed by atoms with van der Waals surface area (Å²) < 4.78 is 26.5. The van der Waals surface area contributed by atoms with Crippen LogP contribution in [0.3, 0.4) is 0 Å². The van der Waals surface area contributed by atoms with Crippen LogP contribution in [-0.2, 0) is 16.6 Å². The van der Waals surface area contributed by atoms with E-state index in [9.17, 15) is 8.42 Å². The zero-order chi connectivity index (χ0) is 14.0. The maximum absolute atomic E-state index is 12.5. The molecule has 0 radical (unpaired) electrons. The van der Waals surface area contributed by atoms with Crippen LogP contribution in [0.2, 0.25) is 0 Å². The van der Waals surface area contributed by atoms with E-state index in [1.54, 1.807) is 19.2 Å². The summed E-state index contributed by atoms with van der Waals surface area (Å²) in [7, 11) is -1.70. The van der Waals surface area contributed by atoms with Gasteiger partial charge in [-0.2, -0.15) is 0 Å². The third kappa shape index (κ3) is 2.99. The second-order valence-electron chi connectivity index (χ2n) is 5.39. The Morgan fingerprint density at radius 2 is 2.05 bits per heavy atom. The third-order valence-electron chi connectivity index (χ3n) is 3.90. The van der Waals surface area contributed by atoms with Gasteiger partial charge in [-0.1, -0.05) is 18.6 Å². The highest BCUT2D eigenvalue weighted by atomic mass is 32.2. The molecule has 0 aliphatic heterocycles. The fourth-order valence-electron chi connectivity index (χ4n) is 2.43. The number of hydrogen-bond acceptors (Lipinski definition) is 3. The molecular formula is C14H22N2O2S. The van der Waals surface area contributed by atoms with Crippen molar-refractivity contribution in [2.45, 2.75) is 37.6 Å². The summed E-state index contributed by atoms with van der Waals surface area (Å²) >= 11 is 0. The standard InChI is InChI=1S/C14H22N2O2S/c1-11-8-13(9-15)6-7-14(11)19(17,18)16(2)10-12-4-3-5-12/h6-8,12H,3-5,9-10,15H2,1-2H3. The van der Waals surface area contributed by atoms with Crippen molar-refractivity contribution in [3.8, 4) is 0 Å². The number of nitrogens with two attached hydrogens (primary N) is 1. The molecule has 5 heteroatoms. The van der Waals surface area contributed by atoms with Gasteiger partial charge < -0.3 is 5.73 Å². The Hall–Kier alpha value is -0.910. The average Bonchev–Trinajstić information content (AvgIpc) is 2.32. The Morgan fingerprint density at radius 1 is 1.37 bits per heavy atom. The van der Waals surface area contributed by atoms with E-state index in [4.69, 9.17) is 5.73 Å². The van der Waals surface area contributed by atoms with Gasteiger partial charge in [-0.25, -0.2) is 12.7 Å². The molecule has 0 heterocycles. The molecule has 106 valence electrons. The van der Waals surface area contributed by atoms with Gasteiger partial charge in [0, 0.05) is 20.1 Å². The molecule has 0 saturated heterocycles. The molecule has 0 amide bonds. The summed E-state index contributed by atoms with van der Waals surface area (Å²) in [6.45, 7) is 2.88. The van der Waals surface area contributed by atoms with Gasteiger partial charge in [0.2, 0.25) is 10.0 Å². The van der Waals surface area contributed by atoms with E-state index in [1.807, 2.05) is 13.0 Å². The molecule has 1 aliphatic carbocycles. The van der Waals surface area contributed by atoms with Gasteiger partial charge in [-0.05, 0) is 42.9 Å². The van der Waals surface area contributed by atoms with Crippen molar-refractivity contribution >= 4 is 10.0 Å². The van der Waals surface area contributed by atoms with E-state index < -0.39 is 10.0 Å². The Labute approximate surface area is 115 Å². The maximum atomic E-state index is 12.5. The van der Waals surface area contributed by atoms with Gasteiger partial charge >= 0.3 is 0 Å². The Kier molecular flexibility index (Phi) is 4.28. The average molecular weight is 282 g/mol. The van der Waals surface area contributed by atoms with E-state index in [2.05, 4.69) is 0 Å². The lowest BCUT2D eigenvalue weighted by Crippen LogP contribution is -2.34. The van der Waals surface area contributed by atoms with Crippen molar-refractivity contribution in [2.75, 3.05) is 13.6 Å². The van der Waals surface area contributed by atoms with Crippen LogP contribution in [0.1, 0.15) is 30.4 Å². The highest BCUT2D eigenvalue weighted by Gasteiger charge is 2.27. The van der Waals surface area contributed by atoms with Crippen LogP contribution in [0.25, 0.3) is 0 Å². The molecular weight excluding hydrogens is 260 g/mol. The molecule has 0 bridgehead atoms. The van der Waals surface area contributed by atoms with E-state index in [1.165, 1.54) is 10.7 Å². The van der Waals surface area contributed by atoms with Gasteiger partial charge in [0.15, 0.2) is 0 Å². The molecule has 0 unspecified atom stereocenters. The number of nitrogens with zero attached hydrogens (tertiary/aromatic N) is 1. The zero-order valence-electron chi connectivity index (χ0n) is 11.6. The van der Waals surface area contributed by atoms with E-state index in [0.717, 1.165) is 24.0 Å². The van der Waals surface area contributed by atoms with Gasteiger partial charge in [-0.3, -0.25) is 0 Å². The molecule has 2 rings (SSSR count). The zero-order valence-corrected chi connectivity index (χ0v) is 12.4. The Morgan fingerprint density at radius 3 is 2.53 bits per heavy atom. The summed E-state index contributed by atoms with van der Waals surface area (Å²) in [5, 5.41) is 0. The Balaban J connectivity index is 2.22. The normalized spacial score (nSPS) is 16.6. The summed E-state index contributed by atoms with van der Waals surface area (Å²) in [4.78, 5) is 0.395. The molecule has 4 nitrogen and oxygen atoms in total. The molecule has 2 N–H and O–H groups in total. The lowest BCUT2D eigenvalue weighted by molar-refractivity contribution is 0.263. The summed E-state index contributed by atoms with van der Waals surface area (Å²) in [6.07, 6.45) is 3.51. The van der Waals surface area contributed by atoms with Crippen molar-refractivity contribution in [2.24, 2.45) is 11.7 Å². The Bertz CT molecular complexity index is 551. The predicted molar refractivity (Wildman–Crippen MR) is 76.2 cm³/mol. The number of rotatable bonds is 5. The minimum Gasteiger partial charge on any atom is -0.326 e. The fraction of sp³-hybridized carbons (Fsp3) is 0.571. The minimum atomic E-state index is -3.37. The van der Waals surface area contributed by atoms with Gasteiger partial charge in [0.05, 0.1) is 4.90 Å². The highest BCUT2D eigenvalue weighted by Crippen LogP contribution is 2.29. The lowest BCUT2D eigenvalue weighted by Gasteiger charge is -2.30. The first-order chi connectivity index (χ1) is 8.95. The van der Waals surface area contributed by atoms with Crippen molar-refractivity contribution < 1.29 is 8.42 Å². The largest absolute Gasteiger partial charge is 0.326 e. The molecule has 19 heavy (non-hydrogen) atoms. The second-order valence-corrected chi connectivity index (χ2v) is 7.40. The molecule has 0 atom stereocenters. The number of sulfonamides is 1. The molecule has 1 aromatic carbocycles.